The first-order valence-electron chi connectivity index (χ1n) is 9.30. The van der Waals surface area contributed by atoms with Crippen LogP contribution in [-0.2, 0) is 0 Å². The molecule has 0 aliphatic carbocycles. The molecule has 0 aliphatic heterocycles. The molecule has 2 aromatic heterocycles. The van der Waals surface area contributed by atoms with Crippen molar-refractivity contribution in [1.29, 1.82) is 0 Å². The Labute approximate surface area is 181 Å². The molecule has 9 heteroatoms. The van der Waals surface area contributed by atoms with E-state index in [0.29, 0.717) is 39.0 Å². The van der Waals surface area contributed by atoms with Gasteiger partial charge in [0.15, 0.2) is 16.7 Å². The summed E-state index contributed by atoms with van der Waals surface area (Å²) in [5.74, 6) is -1.04. The van der Waals surface area contributed by atoms with Crippen LogP contribution in [0.15, 0.2) is 47.8 Å². The second kappa shape index (κ2) is 8.27. The number of thiazole rings is 1. The zero-order chi connectivity index (χ0) is 22.1. The van der Waals surface area contributed by atoms with Crippen molar-refractivity contribution in [3.63, 3.8) is 0 Å². The molecule has 0 bridgehead atoms. The Hall–Kier alpha value is -3.59. The highest BCUT2D eigenvalue weighted by Gasteiger charge is 2.21. The predicted octanol–water partition coefficient (Wildman–Crippen LogP) is 5.15. The predicted molar refractivity (Wildman–Crippen MR) is 115 cm³/mol. The molecule has 0 saturated carbocycles. The lowest BCUT2D eigenvalue weighted by Crippen LogP contribution is -2.14. The van der Waals surface area contributed by atoms with Crippen LogP contribution in [0.3, 0.4) is 0 Å². The number of ether oxygens (including phenoxy) is 1. The number of anilines is 1. The summed E-state index contributed by atoms with van der Waals surface area (Å²) in [6, 6.07) is 10.4. The Morgan fingerprint density at radius 1 is 1.13 bits per heavy atom. The van der Waals surface area contributed by atoms with Gasteiger partial charge in [-0.15, -0.1) is 11.3 Å². The molecule has 0 radical (unpaired) electrons. The third kappa shape index (κ3) is 4.04. The molecule has 31 heavy (non-hydrogen) atoms. The summed E-state index contributed by atoms with van der Waals surface area (Å²) in [7, 11) is 1.40. The van der Waals surface area contributed by atoms with Gasteiger partial charge in [0.05, 0.1) is 35.4 Å². The largest absolute Gasteiger partial charge is 0.494 e. The van der Waals surface area contributed by atoms with Crippen LogP contribution in [0.4, 0.5) is 13.9 Å². The summed E-state index contributed by atoms with van der Waals surface area (Å²) in [6.45, 7) is 3.50. The van der Waals surface area contributed by atoms with Crippen molar-refractivity contribution in [2.75, 3.05) is 12.4 Å². The molecule has 0 unspecified atom stereocenters. The van der Waals surface area contributed by atoms with Crippen LogP contribution in [0, 0.1) is 25.5 Å². The normalized spacial score (nSPS) is 10.9. The van der Waals surface area contributed by atoms with Crippen molar-refractivity contribution in [1.82, 2.24) is 14.8 Å². The Balaban J connectivity index is 1.57. The van der Waals surface area contributed by atoms with Gasteiger partial charge in [-0.1, -0.05) is 0 Å². The van der Waals surface area contributed by atoms with E-state index < -0.39 is 5.82 Å². The van der Waals surface area contributed by atoms with Crippen molar-refractivity contribution in [3.8, 4) is 22.7 Å². The summed E-state index contributed by atoms with van der Waals surface area (Å²) in [5.41, 5.74) is 3.34. The Morgan fingerprint density at radius 3 is 2.55 bits per heavy atom. The van der Waals surface area contributed by atoms with E-state index in [2.05, 4.69) is 15.4 Å². The Bertz CT molecular complexity index is 1270. The molecule has 0 aliphatic rings. The molecule has 4 aromatic rings. The molecule has 1 N–H and O–H groups in total. The maximum absolute atomic E-state index is 14.0. The fraction of sp³-hybridized carbons (Fsp3) is 0.136. The number of rotatable bonds is 5. The minimum absolute atomic E-state index is 0.150. The topological polar surface area (TPSA) is 69.0 Å². The number of nitrogens with zero attached hydrogens (tertiary/aromatic N) is 3. The van der Waals surface area contributed by atoms with Gasteiger partial charge in [-0.3, -0.25) is 10.1 Å². The number of halogens is 2. The summed E-state index contributed by atoms with van der Waals surface area (Å²) in [6.07, 6.45) is 0. The molecule has 2 aromatic carbocycles. The Kier molecular flexibility index (Phi) is 5.51. The molecule has 0 spiro atoms. The lowest BCUT2D eigenvalue weighted by molar-refractivity contribution is 0.102. The van der Waals surface area contributed by atoms with Crippen LogP contribution < -0.4 is 10.1 Å². The van der Waals surface area contributed by atoms with Gasteiger partial charge in [0, 0.05) is 10.9 Å². The van der Waals surface area contributed by atoms with E-state index in [1.165, 1.54) is 42.7 Å². The van der Waals surface area contributed by atoms with E-state index in [4.69, 9.17) is 4.74 Å². The number of hydrogen-bond donors (Lipinski definition) is 1. The third-order valence-electron chi connectivity index (χ3n) is 4.76. The van der Waals surface area contributed by atoms with Crippen molar-refractivity contribution >= 4 is 22.4 Å². The maximum atomic E-state index is 14.0. The monoisotopic (exact) mass is 440 g/mol. The number of amides is 1. The van der Waals surface area contributed by atoms with Gasteiger partial charge in [0.25, 0.3) is 5.91 Å². The van der Waals surface area contributed by atoms with E-state index in [9.17, 15) is 13.6 Å². The van der Waals surface area contributed by atoms with Gasteiger partial charge in [-0.05, 0) is 56.3 Å². The zero-order valence-electron chi connectivity index (χ0n) is 16.9. The first-order valence-corrected chi connectivity index (χ1v) is 10.2. The van der Waals surface area contributed by atoms with Crippen LogP contribution in [-0.4, -0.2) is 27.8 Å². The quantitative estimate of drug-likeness (QED) is 0.466. The van der Waals surface area contributed by atoms with Crippen molar-refractivity contribution in [2.24, 2.45) is 0 Å². The number of nitrogens with one attached hydrogen (secondary N) is 1. The minimum Gasteiger partial charge on any atom is -0.494 e. The Morgan fingerprint density at radius 2 is 1.87 bits per heavy atom. The smallest absolute Gasteiger partial charge is 0.261 e. The molecule has 4 rings (SSSR count). The van der Waals surface area contributed by atoms with E-state index in [1.54, 1.807) is 42.1 Å². The molecule has 6 nitrogen and oxygen atoms in total. The van der Waals surface area contributed by atoms with Crippen LogP contribution in [0.25, 0.3) is 16.9 Å². The molecule has 0 atom stereocenters. The first kappa shape index (κ1) is 20.7. The summed E-state index contributed by atoms with van der Waals surface area (Å²) in [5, 5.41) is 9.31. The average Bonchev–Trinajstić information content (AvgIpc) is 3.32. The van der Waals surface area contributed by atoms with Gasteiger partial charge >= 0.3 is 0 Å². The average molecular weight is 440 g/mol. The number of benzene rings is 2. The molecule has 0 saturated heterocycles. The van der Waals surface area contributed by atoms with E-state index in [0.717, 1.165) is 0 Å². The molecule has 2 heterocycles. The second-order valence-corrected chi connectivity index (χ2v) is 7.63. The van der Waals surface area contributed by atoms with E-state index in [1.807, 2.05) is 0 Å². The standard InChI is InChI=1S/C22H18F2N4O2S/c1-12-20(13(2)28(27-12)16-7-5-15(23)6-8-16)21(29)26-22-25-18(11-31-22)14-4-9-19(30-3)17(24)10-14/h4-11H,1-3H3,(H,25,26,29). The number of carbonyl (C=O) groups is 1. The van der Waals surface area contributed by atoms with Crippen LogP contribution in [0.2, 0.25) is 0 Å². The first-order chi connectivity index (χ1) is 14.9. The minimum atomic E-state index is -0.488. The molecule has 0 fully saturated rings. The van der Waals surface area contributed by atoms with Gasteiger partial charge < -0.3 is 4.74 Å². The summed E-state index contributed by atoms with van der Waals surface area (Å²) >= 11 is 1.23. The highest BCUT2D eigenvalue weighted by molar-refractivity contribution is 7.14. The van der Waals surface area contributed by atoms with E-state index in [-0.39, 0.29) is 17.5 Å². The van der Waals surface area contributed by atoms with Crippen molar-refractivity contribution in [3.05, 3.63) is 76.4 Å². The highest BCUT2D eigenvalue weighted by atomic mass is 32.1. The number of methoxy groups -OCH3 is 1. The number of aromatic nitrogens is 3. The second-order valence-electron chi connectivity index (χ2n) is 6.78. The summed E-state index contributed by atoms with van der Waals surface area (Å²) < 4.78 is 33.7. The maximum Gasteiger partial charge on any atom is 0.261 e. The lowest BCUT2D eigenvalue weighted by Gasteiger charge is -2.05. The van der Waals surface area contributed by atoms with Gasteiger partial charge in [-0.25, -0.2) is 18.4 Å². The van der Waals surface area contributed by atoms with Crippen molar-refractivity contribution in [2.45, 2.75) is 13.8 Å². The van der Waals surface area contributed by atoms with Crippen LogP contribution in [0.1, 0.15) is 21.7 Å². The van der Waals surface area contributed by atoms with Crippen molar-refractivity contribution < 1.29 is 18.3 Å². The SMILES string of the molecule is COc1ccc(-c2csc(NC(=O)c3c(C)nn(-c4ccc(F)cc4)c3C)n2)cc1F. The third-order valence-corrected chi connectivity index (χ3v) is 5.52. The number of hydrogen-bond acceptors (Lipinski definition) is 5. The fourth-order valence-corrected chi connectivity index (χ4v) is 3.97. The number of aryl methyl sites for hydroxylation is 1. The zero-order valence-corrected chi connectivity index (χ0v) is 17.8. The molecule has 158 valence electrons. The molecular weight excluding hydrogens is 422 g/mol. The van der Waals surface area contributed by atoms with Crippen LogP contribution in [0.5, 0.6) is 5.75 Å². The van der Waals surface area contributed by atoms with Gasteiger partial charge in [0.2, 0.25) is 0 Å². The van der Waals surface area contributed by atoms with Gasteiger partial charge in [0.1, 0.15) is 5.82 Å². The van der Waals surface area contributed by atoms with Gasteiger partial charge in [-0.2, -0.15) is 5.10 Å². The van der Waals surface area contributed by atoms with E-state index >= 15 is 0 Å². The molecular formula is C22H18F2N4O2S. The fourth-order valence-electron chi connectivity index (χ4n) is 3.25. The van der Waals surface area contributed by atoms with Crippen LogP contribution >= 0.6 is 11.3 Å². The molecule has 1 amide bonds. The lowest BCUT2D eigenvalue weighted by atomic mass is 10.1. The number of carbonyl (C=O) groups excluding carboxylic acids is 1. The highest BCUT2D eigenvalue weighted by Crippen LogP contribution is 2.29. The summed E-state index contributed by atoms with van der Waals surface area (Å²) in [4.78, 5) is 17.3.